The van der Waals surface area contributed by atoms with Crippen molar-refractivity contribution in [2.45, 2.75) is 45.3 Å². The lowest BCUT2D eigenvalue weighted by atomic mass is 9.94. The van der Waals surface area contributed by atoms with Crippen LogP contribution in [0.5, 0.6) is 11.5 Å². The monoisotopic (exact) mass is 485 g/mol. The quantitative estimate of drug-likeness (QED) is 0.337. The second-order valence-corrected chi connectivity index (χ2v) is 8.13. The lowest BCUT2D eigenvalue weighted by Gasteiger charge is -2.19. The van der Waals surface area contributed by atoms with E-state index in [0.29, 0.717) is 5.52 Å². The molecule has 3 aromatic rings. The van der Waals surface area contributed by atoms with E-state index in [1.165, 1.54) is 30.2 Å². The number of anilines is 1. The van der Waals surface area contributed by atoms with Crippen LogP contribution in [0.15, 0.2) is 18.7 Å². The average Bonchev–Trinajstić information content (AvgIpc) is 3.33. The molecule has 0 aliphatic carbocycles. The van der Waals surface area contributed by atoms with Gasteiger partial charge in [0, 0.05) is 5.56 Å². The van der Waals surface area contributed by atoms with Crippen molar-refractivity contribution in [1.82, 2.24) is 19.5 Å². The minimum Gasteiger partial charge on any atom is -0.506 e. The Balaban J connectivity index is 1.63. The zero-order valence-electron chi connectivity index (χ0n) is 19.0. The van der Waals surface area contributed by atoms with Crippen molar-refractivity contribution < 1.29 is 39.2 Å². The maximum atomic E-state index is 12.2. The largest absolute Gasteiger partial charge is 0.506 e. The summed E-state index contributed by atoms with van der Waals surface area (Å²) in [6.45, 7) is 3.16. The topological polar surface area (TPSA) is 200 Å². The van der Waals surface area contributed by atoms with Crippen LogP contribution in [0.4, 0.5) is 5.82 Å². The van der Waals surface area contributed by atoms with Crippen molar-refractivity contribution in [2.75, 3.05) is 12.3 Å². The molecular weight excluding hydrogens is 462 g/mol. The summed E-state index contributed by atoms with van der Waals surface area (Å²) < 4.78 is 12.9. The minimum absolute atomic E-state index is 0.122. The zero-order valence-corrected chi connectivity index (χ0v) is 19.0. The number of carbonyl (C=O) groups is 3. The highest BCUT2D eigenvalue weighted by atomic mass is 16.6. The molecule has 0 unspecified atom stereocenters. The number of Topliss-reactive ketones (excluding diaryl/α,β-unsaturated/α-hetero) is 3. The molecule has 5 N–H and O–H groups in total. The molecule has 1 aliphatic heterocycles. The highest BCUT2D eigenvalue weighted by molar-refractivity contribution is 6.13. The summed E-state index contributed by atoms with van der Waals surface area (Å²) in [5.74, 6) is -2.43. The molecule has 0 radical (unpaired) electrons. The Kier molecular flexibility index (Phi) is 6.23. The maximum absolute atomic E-state index is 12.2. The summed E-state index contributed by atoms with van der Waals surface area (Å²) in [5.41, 5.74) is 5.67. The van der Waals surface area contributed by atoms with Gasteiger partial charge in [-0.25, -0.2) is 15.0 Å². The Morgan fingerprint density at radius 3 is 2.37 bits per heavy atom. The molecule has 13 nitrogen and oxygen atoms in total. The van der Waals surface area contributed by atoms with E-state index in [2.05, 4.69) is 15.0 Å². The van der Waals surface area contributed by atoms with E-state index >= 15 is 0 Å². The van der Waals surface area contributed by atoms with Crippen molar-refractivity contribution >= 4 is 34.3 Å². The van der Waals surface area contributed by atoms with Gasteiger partial charge in [-0.2, -0.15) is 0 Å². The summed E-state index contributed by atoms with van der Waals surface area (Å²) in [5, 5.41) is 31.7. The molecule has 0 spiro atoms. The fourth-order valence-electron chi connectivity index (χ4n) is 4.06. The van der Waals surface area contributed by atoms with Gasteiger partial charge in [-0.3, -0.25) is 19.0 Å². The number of carbonyl (C=O) groups excluding carboxylic acids is 3. The van der Waals surface area contributed by atoms with Gasteiger partial charge in [0.2, 0.25) is 0 Å². The first-order valence-corrected chi connectivity index (χ1v) is 10.5. The summed E-state index contributed by atoms with van der Waals surface area (Å²) in [4.78, 5) is 48.4. The van der Waals surface area contributed by atoms with E-state index in [1.54, 1.807) is 0 Å². The standard InChI is InChI=1S/C22H23N5O8/c1-8(28)11-4-12(15(10(3)30)18(32)14(11)9(2)29)34-5-13-17(31)19(33)22(35-13)27-7-26-16-20(23)24-6-25-21(16)27/h4,6-7,13,17,19,22,31-33H,5H2,1-3H3,(H2,23,24,25)/t13-,17-,19-,22-/m1/s1. The predicted octanol–water partition coefficient (Wildman–Crippen LogP) is 0.420. The van der Waals surface area contributed by atoms with E-state index in [-0.39, 0.29) is 40.5 Å². The fraction of sp³-hybridized carbons (Fsp3) is 0.364. The number of nitrogens with two attached hydrogens (primary N) is 1. The first-order chi connectivity index (χ1) is 16.5. The van der Waals surface area contributed by atoms with Crippen LogP contribution in [0, 0.1) is 0 Å². The SMILES string of the molecule is CC(=O)c1cc(OC[C@H]2O[C@@H](n3cnc4c(N)ncnc43)[C@H](O)[C@@H]2O)c(C(C)=O)c(O)c1C(C)=O. The summed E-state index contributed by atoms with van der Waals surface area (Å²) in [6, 6.07) is 1.19. The molecule has 1 saturated heterocycles. The molecule has 1 fully saturated rings. The number of phenolic OH excluding ortho intramolecular Hbond substituents is 1. The molecule has 13 heteroatoms. The zero-order chi connectivity index (χ0) is 25.6. The van der Waals surface area contributed by atoms with Crippen LogP contribution in [-0.4, -0.2) is 77.1 Å². The molecule has 4 rings (SSSR count). The molecule has 2 aromatic heterocycles. The minimum atomic E-state index is -1.41. The van der Waals surface area contributed by atoms with Gasteiger partial charge in [0.05, 0.1) is 11.9 Å². The molecule has 0 amide bonds. The predicted molar refractivity (Wildman–Crippen MR) is 119 cm³/mol. The molecule has 0 bridgehead atoms. The number of ketones is 3. The van der Waals surface area contributed by atoms with Gasteiger partial charge in [0.25, 0.3) is 0 Å². The smallest absolute Gasteiger partial charge is 0.167 e. The molecule has 35 heavy (non-hydrogen) atoms. The van der Waals surface area contributed by atoms with Crippen molar-refractivity contribution in [1.29, 1.82) is 0 Å². The lowest BCUT2D eigenvalue weighted by molar-refractivity contribution is -0.0475. The lowest BCUT2D eigenvalue weighted by Crippen LogP contribution is -2.34. The van der Waals surface area contributed by atoms with Gasteiger partial charge in [-0.15, -0.1) is 0 Å². The van der Waals surface area contributed by atoms with Crippen LogP contribution in [0.2, 0.25) is 0 Å². The number of aliphatic hydroxyl groups excluding tert-OH is 2. The van der Waals surface area contributed by atoms with E-state index < -0.39 is 47.6 Å². The number of rotatable bonds is 7. The molecule has 0 saturated carbocycles. The number of aromatic hydroxyl groups is 1. The van der Waals surface area contributed by atoms with E-state index in [1.807, 2.05) is 0 Å². The van der Waals surface area contributed by atoms with Crippen molar-refractivity contribution in [3.8, 4) is 11.5 Å². The second kappa shape index (κ2) is 9.02. The van der Waals surface area contributed by atoms with Gasteiger partial charge in [-0.1, -0.05) is 0 Å². The van der Waals surface area contributed by atoms with Crippen LogP contribution in [0.3, 0.4) is 0 Å². The summed E-state index contributed by atoms with van der Waals surface area (Å²) in [6.07, 6.45) is -2.42. The second-order valence-electron chi connectivity index (χ2n) is 8.13. The number of hydrogen-bond acceptors (Lipinski definition) is 12. The number of ether oxygens (including phenoxy) is 2. The van der Waals surface area contributed by atoms with E-state index in [0.717, 1.165) is 13.8 Å². The average molecular weight is 485 g/mol. The van der Waals surface area contributed by atoms with E-state index in [4.69, 9.17) is 15.2 Å². The fourth-order valence-corrected chi connectivity index (χ4v) is 4.06. The Morgan fingerprint density at radius 1 is 1.06 bits per heavy atom. The van der Waals surface area contributed by atoms with Crippen molar-refractivity contribution in [3.63, 3.8) is 0 Å². The molecule has 1 aliphatic rings. The van der Waals surface area contributed by atoms with Crippen LogP contribution < -0.4 is 10.5 Å². The van der Waals surface area contributed by atoms with Crippen LogP contribution in [0.1, 0.15) is 58.1 Å². The van der Waals surface area contributed by atoms with Gasteiger partial charge < -0.3 is 30.5 Å². The number of imidazole rings is 1. The maximum Gasteiger partial charge on any atom is 0.167 e. The number of nitrogens with zero attached hydrogens (tertiary/aromatic N) is 4. The molecule has 184 valence electrons. The number of fused-ring (bicyclic) bond motifs is 1. The molecule has 1 aromatic carbocycles. The van der Waals surface area contributed by atoms with E-state index in [9.17, 15) is 29.7 Å². The highest BCUT2D eigenvalue weighted by Crippen LogP contribution is 2.37. The Morgan fingerprint density at radius 2 is 1.74 bits per heavy atom. The van der Waals surface area contributed by atoms with Gasteiger partial charge in [-0.05, 0) is 26.8 Å². The molecular formula is C22H23N5O8. The third kappa shape index (κ3) is 4.09. The Labute approximate surface area is 198 Å². The summed E-state index contributed by atoms with van der Waals surface area (Å²) >= 11 is 0. The number of aliphatic hydroxyl groups is 2. The van der Waals surface area contributed by atoms with Crippen LogP contribution in [0.25, 0.3) is 11.2 Å². The molecule has 3 heterocycles. The molecule has 4 atom stereocenters. The normalized spacial score (nSPS) is 21.9. The number of benzene rings is 1. The first-order valence-electron chi connectivity index (χ1n) is 10.5. The Hall–Kier alpha value is -3.94. The first kappa shape index (κ1) is 24.2. The van der Waals surface area contributed by atoms with Crippen molar-refractivity contribution in [2.24, 2.45) is 0 Å². The third-order valence-corrected chi connectivity index (χ3v) is 5.75. The number of phenols is 1. The highest BCUT2D eigenvalue weighted by Gasteiger charge is 2.45. The van der Waals surface area contributed by atoms with Crippen LogP contribution in [-0.2, 0) is 4.74 Å². The number of nitrogen functional groups attached to an aromatic ring is 1. The third-order valence-electron chi connectivity index (χ3n) is 5.75. The number of hydrogen-bond donors (Lipinski definition) is 4. The van der Waals surface area contributed by atoms with Gasteiger partial charge in [0.1, 0.15) is 53.8 Å². The van der Waals surface area contributed by atoms with Gasteiger partial charge >= 0.3 is 0 Å². The van der Waals surface area contributed by atoms with Crippen molar-refractivity contribution in [3.05, 3.63) is 35.4 Å². The number of aromatic nitrogens is 4. The Bertz CT molecular complexity index is 1350. The van der Waals surface area contributed by atoms with Crippen LogP contribution >= 0.6 is 0 Å². The summed E-state index contributed by atoms with van der Waals surface area (Å²) in [7, 11) is 0. The van der Waals surface area contributed by atoms with Gasteiger partial charge in [0.15, 0.2) is 35.0 Å².